The second-order valence-electron chi connectivity index (χ2n) is 4.84. The standard InChI is InChI=1S/C13H21NO2/c1-2-13(15)16-10-11-6-5-9-14-8-4-3-7-12(11)14/h2,11-12H,1,3-10H2/t11-,12+/m0/s1. The molecule has 2 aliphatic heterocycles. The van der Waals surface area contributed by atoms with Gasteiger partial charge in [-0.25, -0.2) is 4.79 Å². The zero-order chi connectivity index (χ0) is 11.4. The van der Waals surface area contributed by atoms with Gasteiger partial charge in [-0.2, -0.15) is 0 Å². The molecule has 16 heavy (non-hydrogen) atoms. The molecule has 0 aromatic rings. The highest BCUT2D eigenvalue weighted by Crippen LogP contribution is 2.30. The molecule has 2 atom stereocenters. The van der Waals surface area contributed by atoms with Crippen LogP contribution in [0.1, 0.15) is 32.1 Å². The largest absolute Gasteiger partial charge is 0.462 e. The Balaban J connectivity index is 1.87. The molecule has 2 aliphatic rings. The van der Waals surface area contributed by atoms with Crippen LogP contribution in [-0.4, -0.2) is 36.6 Å². The lowest BCUT2D eigenvalue weighted by molar-refractivity contribution is -0.140. The van der Waals surface area contributed by atoms with E-state index >= 15 is 0 Å². The Bertz CT molecular complexity index is 263. The molecular weight excluding hydrogens is 202 g/mol. The molecule has 3 nitrogen and oxygen atoms in total. The van der Waals surface area contributed by atoms with E-state index in [1.54, 1.807) is 0 Å². The molecule has 0 aromatic heterocycles. The average molecular weight is 223 g/mol. The van der Waals surface area contributed by atoms with Gasteiger partial charge in [0.05, 0.1) is 6.61 Å². The fourth-order valence-corrected chi connectivity index (χ4v) is 3.02. The molecule has 0 N–H and O–H groups in total. The number of esters is 1. The molecular formula is C13H21NO2. The lowest BCUT2D eigenvalue weighted by Gasteiger charge is -2.44. The molecule has 0 spiro atoms. The van der Waals surface area contributed by atoms with E-state index in [9.17, 15) is 4.79 Å². The van der Waals surface area contributed by atoms with Crippen LogP contribution in [0.15, 0.2) is 12.7 Å². The predicted octanol–water partition coefficient (Wildman–Crippen LogP) is 1.98. The van der Waals surface area contributed by atoms with E-state index < -0.39 is 0 Å². The minimum Gasteiger partial charge on any atom is -0.462 e. The maximum atomic E-state index is 11.1. The SMILES string of the molecule is C=CC(=O)OC[C@@H]1CCCN2CCCC[C@H]12. The quantitative estimate of drug-likeness (QED) is 0.541. The van der Waals surface area contributed by atoms with Crippen LogP contribution >= 0.6 is 0 Å². The van der Waals surface area contributed by atoms with Crippen molar-refractivity contribution in [3.63, 3.8) is 0 Å². The third kappa shape index (κ3) is 2.64. The molecule has 2 saturated heterocycles. The summed E-state index contributed by atoms with van der Waals surface area (Å²) in [7, 11) is 0. The normalized spacial score (nSPS) is 30.5. The van der Waals surface area contributed by atoms with Gasteiger partial charge in [0.2, 0.25) is 0 Å². The van der Waals surface area contributed by atoms with E-state index in [-0.39, 0.29) is 5.97 Å². The number of fused-ring (bicyclic) bond motifs is 1. The highest BCUT2D eigenvalue weighted by Gasteiger charge is 2.33. The molecule has 0 aromatic carbocycles. The van der Waals surface area contributed by atoms with Gasteiger partial charge in [-0.05, 0) is 38.8 Å². The average Bonchev–Trinajstić information content (AvgIpc) is 2.35. The van der Waals surface area contributed by atoms with Gasteiger partial charge in [-0.3, -0.25) is 4.90 Å². The number of hydrogen-bond donors (Lipinski definition) is 0. The molecule has 0 aliphatic carbocycles. The molecule has 2 fully saturated rings. The van der Waals surface area contributed by atoms with Gasteiger partial charge in [0.15, 0.2) is 0 Å². The van der Waals surface area contributed by atoms with Crippen molar-refractivity contribution < 1.29 is 9.53 Å². The van der Waals surface area contributed by atoms with Crippen molar-refractivity contribution in [2.45, 2.75) is 38.1 Å². The van der Waals surface area contributed by atoms with Crippen molar-refractivity contribution in [3.05, 3.63) is 12.7 Å². The molecule has 0 amide bonds. The van der Waals surface area contributed by atoms with E-state index in [1.807, 2.05) is 0 Å². The summed E-state index contributed by atoms with van der Waals surface area (Å²) in [5.74, 6) is 0.255. The van der Waals surface area contributed by atoms with Crippen molar-refractivity contribution in [1.29, 1.82) is 0 Å². The van der Waals surface area contributed by atoms with Crippen molar-refractivity contribution in [3.8, 4) is 0 Å². The number of nitrogens with zero attached hydrogens (tertiary/aromatic N) is 1. The van der Waals surface area contributed by atoms with Gasteiger partial charge < -0.3 is 4.74 Å². The second kappa shape index (κ2) is 5.48. The predicted molar refractivity (Wildman–Crippen MR) is 63.1 cm³/mol. The number of rotatable bonds is 3. The first-order chi connectivity index (χ1) is 7.81. The molecule has 0 saturated carbocycles. The van der Waals surface area contributed by atoms with Gasteiger partial charge in [0.25, 0.3) is 0 Å². The van der Waals surface area contributed by atoms with Crippen molar-refractivity contribution >= 4 is 5.97 Å². The van der Waals surface area contributed by atoms with Crippen LogP contribution in [0.2, 0.25) is 0 Å². The first kappa shape index (κ1) is 11.6. The smallest absolute Gasteiger partial charge is 0.330 e. The van der Waals surface area contributed by atoms with Gasteiger partial charge in [-0.1, -0.05) is 13.0 Å². The molecule has 3 heteroatoms. The maximum Gasteiger partial charge on any atom is 0.330 e. The minimum atomic E-state index is -0.284. The summed E-state index contributed by atoms with van der Waals surface area (Å²) in [5.41, 5.74) is 0. The summed E-state index contributed by atoms with van der Waals surface area (Å²) in [6.07, 6.45) is 7.62. The zero-order valence-electron chi connectivity index (χ0n) is 9.86. The monoisotopic (exact) mass is 223 g/mol. The van der Waals surface area contributed by atoms with Gasteiger partial charge >= 0.3 is 5.97 Å². The third-order valence-electron chi connectivity index (χ3n) is 3.83. The Hall–Kier alpha value is -0.830. The van der Waals surface area contributed by atoms with Crippen LogP contribution in [-0.2, 0) is 9.53 Å². The molecule has 0 unspecified atom stereocenters. The van der Waals surface area contributed by atoms with E-state index in [0.29, 0.717) is 18.6 Å². The topological polar surface area (TPSA) is 29.5 Å². The van der Waals surface area contributed by atoms with Gasteiger partial charge in [0, 0.05) is 18.0 Å². The third-order valence-corrected chi connectivity index (χ3v) is 3.83. The maximum absolute atomic E-state index is 11.1. The summed E-state index contributed by atoms with van der Waals surface area (Å²) in [5, 5.41) is 0. The van der Waals surface area contributed by atoms with Crippen LogP contribution in [0.3, 0.4) is 0 Å². The lowest BCUT2D eigenvalue weighted by atomic mass is 9.84. The van der Waals surface area contributed by atoms with Gasteiger partial charge in [0.1, 0.15) is 0 Å². The van der Waals surface area contributed by atoms with E-state index in [4.69, 9.17) is 4.74 Å². The molecule has 0 bridgehead atoms. The Kier molecular flexibility index (Phi) is 3.99. The van der Waals surface area contributed by atoms with Crippen LogP contribution < -0.4 is 0 Å². The number of piperidine rings is 2. The number of hydrogen-bond acceptors (Lipinski definition) is 3. The fraction of sp³-hybridized carbons (Fsp3) is 0.769. The summed E-state index contributed by atoms with van der Waals surface area (Å²) < 4.78 is 5.20. The van der Waals surface area contributed by atoms with Crippen LogP contribution in [0.5, 0.6) is 0 Å². The van der Waals surface area contributed by atoms with E-state index in [1.165, 1.54) is 51.3 Å². The summed E-state index contributed by atoms with van der Waals surface area (Å²) in [6.45, 7) is 6.46. The number of carbonyl (C=O) groups is 1. The molecule has 2 heterocycles. The Morgan fingerprint density at radius 3 is 2.94 bits per heavy atom. The van der Waals surface area contributed by atoms with Gasteiger partial charge in [-0.15, -0.1) is 0 Å². The van der Waals surface area contributed by atoms with Crippen LogP contribution in [0, 0.1) is 5.92 Å². The first-order valence-electron chi connectivity index (χ1n) is 6.34. The Morgan fingerprint density at radius 2 is 2.12 bits per heavy atom. The Morgan fingerprint density at radius 1 is 1.31 bits per heavy atom. The number of carbonyl (C=O) groups excluding carboxylic acids is 1. The number of ether oxygens (including phenoxy) is 1. The highest BCUT2D eigenvalue weighted by atomic mass is 16.5. The van der Waals surface area contributed by atoms with Crippen LogP contribution in [0.25, 0.3) is 0 Å². The van der Waals surface area contributed by atoms with E-state index in [0.717, 1.165) is 0 Å². The fourth-order valence-electron chi connectivity index (χ4n) is 3.02. The highest BCUT2D eigenvalue weighted by molar-refractivity contribution is 5.81. The minimum absolute atomic E-state index is 0.284. The summed E-state index contributed by atoms with van der Waals surface area (Å²) in [4.78, 5) is 13.6. The second-order valence-corrected chi connectivity index (χ2v) is 4.84. The van der Waals surface area contributed by atoms with E-state index in [2.05, 4.69) is 11.5 Å². The molecule has 0 radical (unpaired) electrons. The van der Waals surface area contributed by atoms with Crippen molar-refractivity contribution in [2.75, 3.05) is 19.7 Å². The molecule has 2 rings (SSSR count). The van der Waals surface area contributed by atoms with Crippen LogP contribution in [0.4, 0.5) is 0 Å². The lowest BCUT2D eigenvalue weighted by Crippen LogP contribution is -2.49. The summed E-state index contributed by atoms with van der Waals surface area (Å²) >= 11 is 0. The first-order valence-corrected chi connectivity index (χ1v) is 6.34. The molecule has 90 valence electrons. The Labute approximate surface area is 97.5 Å². The van der Waals surface area contributed by atoms with Crippen molar-refractivity contribution in [1.82, 2.24) is 4.90 Å². The zero-order valence-corrected chi connectivity index (χ0v) is 9.86. The van der Waals surface area contributed by atoms with Crippen molar-refractivity contribution in [2.24, 2.45) is 5.92 Å². The summed E-state index contributed by atoms with van der Waals surface area (Å²) in [6, 6.07) is 0.653.